The topological polar surface area (TPSA) is 78.5 Å². The molecule has 2 aromatic rings. The van der Waals surface area contributed by atoms with Crippen LogP contribution in [0.25, 0.3) is 0 Å². The van der Waals surface area contributed by atoms with E-state index < -0.39 is 21.7 Å². The Morgan fingerprint density at radius 1 is 1.10 bits per heavy atom. The molecule has 8 heteroatoms. The maximum atomic E-state index is 14.2. The maximum Gasteiger partial charge on any atom is 0.254 e. The molecule has 158 valence electrons. The van der Waals surface area contributed by atoms with Crippen molar-refractivity contribution < 1.29 is 17.6 Å². The van der Waals surface area contributed by atoms with Gasteiger partial charge in [-0.2, -0.15) is 0 Å². The largest absolute Gasteiger partial charge is 0.350 e. The number of halogens is 1. The van der Waals surface area contributed by atoms with Crippen LogP contribution in [0, 0.1) is 5.82 Å². The molecule has 0 fully saturated rings. The average Bonchev–Trinajstić information content (AvgIpc) is 2.68. The molecule has 0 bridgehead atoms. The van der Waals surface area contributed by atoms with Crippen molar-refractivity contribution >= 4 is 15.9 Å². The van der Waals surface area contributed by atoms with Crippen molar-refractivity contribution in [2.24, 2.45) is 0 Å². The second-order valence-corrected chi connectivity index (χ2v) is 8.69. The Bertz CT molecular complexity index is 944. The van der Waals surface area contributed by atoms with Crippen molar-refractivity contribution in [1.82, 2.24) is 14.9 Å². The predicted octanol–water partition coefficient (Wildman–Crippen LogP) is 2.72. The molecule has 2 aromatic carbocycles. The molecule has 0 radical (unpaired) electrons. The standard InChI is InChI=1S/C21H28FN3O3S/c1-5-15-7-9-16(10-8-15)20(25(3)4)14-23-21(26)18-13-17(11-12-19(18)22)29(27,28)24-6-2/h7-13,20,24H,5-6,14H2,1-4H3,(H,23,26). The van der Waals surface area contributed by atoms with Gasteiger partial charge in [0.15, 0.2) is 0 Å². The van der Waals surface area contributed by atoms with Gasteiger partial charge in [-0.25, -0.2) is 17.5 Å². The van der Waals surface area contributed by atoms with Crippen LogP contribution in [0.3, 0.4) is 0 Å². The monoisotopic (exact) mass is 421 g/mol. The zero-order valence-corrected chi connectivity index (χ0v) is 18.0. The summed E-state index contributed by atoms with van der Waals surface area (Å²) in [5, 5.41) is 2.72. The van der Waals surface area contributed by atoms with Gasteiger partial charge in [0.2, 0.25) is 10.0 Å². The van der Waals surface area contributed by atoms with Crippen LogP contribution < -0.4 is 10.0 Å². The first-order valence-electron chi connectivity index (χ1n) is 9.52. The Hall–Kier alpha value is -2.29. The third kappa shape index (κ3) is 5.85. The Labute approximate surface area is 172 Å². The van der Waals surface area contributed by atoms with Gasteiger partial charge in [-0.3, -0.25) is 4.79 Å². The van der Waals surface area contributed by atoms with E-state index in [-0.39, 0.29) is 29.6 Å². The quantitative estimate of drug-likeness (QED) is 0.653. The highest BCUT2D eigenvalue weighted by Crippen LogP contribution is 2.19. The SMILES string of the molecule is CCNS(=O)(=O)c1ccc(F)c(C(=O)NCC(c2ccc(CC)cc2)N(C)C)c1. The smallest absolute Gasteiger partial charge is 0.254 e. The molecular weight excluding hydrogens is 393 g/mol. The van der Waals surface area contributed by atoms with Gasteiger partial charge in [0.25, 0.3) is 5.91 Å². The summed E-state index contributed by atoms with van der Waals surface area (Å²) in [6.45, 7) is 4.17. The minimum absolute atomic E-state index is 0.110. The van der Waals surface area contributed by atoms with Crippen LogP contribution in [-0.4, -0.2) is 46.4 Å². The van der Waals surface area contributed by atoms with Crippen LogP contribution >= 0.6 is 0 Å². The van der Waals surface area contributed by atoms with Crippen LogP contribution in [0.15, 0.2) is 47.4 Å². The van der Waals surface area contributed by atoms with E-state index in [0.29, 0.717) is 0 Å². The van der Waals surface area contributed by atoms with Gasteiger partial charge < -0.3 is 10.2 Å². The number of rotatable bonds is 9. The van der Waals surface area contributed by atoms with E-state index in [9.17, 15) is 17.6 Å². The summed E-state index contributed by atoms with van der Waals surface area (Å²) in [6, 6.07) is 11.2. The number of likely N-dealkylation sites (N-methyl/N-ethyl adjacent to an activating group) is 1. The Morgan fingerprint density at radius 2 is 1.76 bits per heavy atom. The van der Waals surface area contributed by atoms with E-state index in [1.807, 2.05) is 43.3 Å². The molecule has 1 unspecified atom stereocenters. The van der Waals surface area contributed by atoms with Crippen molar-refractivity contribution in [1.29, 1.82) is 0 Å². The first-order chi connectivity index (χ1) is 13.7. The van der Waals surface area contributed by atoms with E-state index in [2.05, 4.69) is 17.0 Å². The van der Waals surface area contributed by atoms with E-state index in [0.717, 1.165) is 30.2 Å². The van der Waals surface area contributed by atoms with Gasteiger partial charge in [-0.1, -0.05) is 38.1 Å². The lowest BCUT2D eigenvalue weighted by atomic mass is 10.0. The normalized spacial score (nSPS) is 12.8. The molecule has 0 aliphatic carbocycles. The fourth-order valence-corrected chi connectivity index (χ4v) is 4.04. The summed E-state index contributed by atoms with van der Waals surface area (Å²) in [4.78, 5) is 14.4. The molecule has 2 N–H and O–H groups in total. The first kappa shape index (κ1) is 23.0. The third-order valence-corrected chi connectivity index (χ3v) is 6.22. The molecule has 6 nitrogen and oxygen atoms in total. The molecule has 1 atom stereocenters. The Kier molecular flexibility index (Phi) is 7.89. The van der Waals surface area contributed by atoms with Crippen molar-refractivity contribution in [2.45, 2.75) is 31.2 Å². The summed E-state index contributed by atoms with van der Waals surface area (Å²) in [7, 11) is 0.0128. The minimum atomic E-state index is -3.78. The molecule has 2 rings (SSSR count). The third-order valence-electron chi connectivity index (χ3n) is 4.68. The van der Waals surface area contributed by atoms with Crippen LogP contribution in [0.5, 0.6) is 0 Å². The fraction of sp³-hybridized carbons (Fsp3) is 0.381. The van der Waals surface area contributed by atoms with Gasteiger partial charge in [0, 0.05) is 13.1 Å². The van der Waals surface area contributed by atoms with Gasteiger partial charge in [-0.05, 0) is 49.8 Å². The number of benzene rings is 2. The van der Waals surface area contributed by atoms with E-state index >= 15 is 0 Å². The van der Waals surface area contributed by atoms with E-state index in [1.54, 1.807) is 6.92 Å². The average molecular weight is 422 g/mol. The highest BCUT2D eigenvalue weighted by Gasteiger charge is 2.21. The Morgan fingerprint density at radius 3 is 2.31 bits per heavy atom. The fourth-order valence-electron chi connectivity index (χ4n) is 2.98. The number of sulfonamides is 1. The number of nitrogens with zero attached hydrogens (tertiary/aromatic N) is 1. The molecule has 0 aromatic heterocycles. The van der Waals surface area contributed by atoms with Crippen LogP contribution in [0.1, 0.15) is 41.4 Å². The number of aryl methyl sites for hydroxylation is 1. The summed E-state index contributed by atoms with van der Waals surface area (Å²) in [5.74, 6) is -1.43. The predicted molar refractivity (Wildman–Crippen MR) is 112 cm³/mol. The second-order valence-electron chi connectivity index (χ2n) is 6.93. The van der Waals surface area contributed by atoms with Crippen molar-refractivity contribution in [3.05, 3.63) is 65.0 Å². The van der Waals surface area contributed by atoms with Gasteiger partial charge in [0.1, 0.15) is 5.82 Å². The van der Waals surface area contributed by atoms with Gasteiger partial charge in [0.05, 0.1) is 16.5 Å². The van der Waals surface area contributed by atoms with Crippen LogP contribution in [0.2, 0.25) is 0 Å². The lowest BCUT2D eigenvalue weighted by Crippen LogP contribution is -2.35. The Balaban J connectivity index is 2.19. The summed E-state index contributed by atoms with van der Waals surface area (Å²) in [6.07, 6.45) is 0.940. The van der Waals surface area contributed by atoms with E-state index in [1.165, 1.54) is 5.56 Å². The number of hydrogen-bond acceptors (Lipinski definition) is 4. The number of amides is 1. The molecule has 0 spiro atoms. The molecule has 0 saturated carbocycles. The summed E-state index contributed by atoms with van der Waals surface area (Å²) in [5.41, 5.74) is 1.94. The molecule has 0 saturated heterocycles. The van der Waals surface area contributed by atoms with Crippen molar-refractivity contribution in [2.75, 3.05) is 27.2 Å². The zero-order valence-electron chi connectivity index (χ0n) is 17.2. The second kappa shape index (κ2) is 9.96. The highest BCUT2D eigenvalue weighted by molar-refractivity contribution is 7.89. The lowest BCUT2D eigenvalue weighted by Gasteiger charge is -2.25. The summed E-state index contributed by atoms with van der Waals surface area (Å²) >= 11 is 0. The molecule has 0 aliphatic rings. The number of carbonyl (C=O) groups excluding carboxylic acids is 1. The molecule has 0 aliphatic heterocycles. The maximum absolute atomic E-state index is 14.2. The van der Waals surface area contributed by atoms with Crippen LogP contribution in [-0.2, 0) is 16.4 Å². The highest BCUT2D eigenvalue weighted by atomic mass is 32.2. The molecule has 29 heavy (non-hydrogen) atoms. The molecule has 1 amide bonds. The van der Waals surface area contributed by atoms with Gasteiger partial charge >= 0.3 is 0 Å². The summed E-state index contributed by atoms with van der Waals surface area (Å²) < 4.78 is 40.8. The van der Waals surface area contributed by atoms with Gasteiger partial charge in [-0.15, -0.1) is 0 Å². The first-order valence-corrected chi connectivity index (χ1v) is 11.0. The minimum Gasteiger partial charge on any atom is -0.350 e. The number of nitrogens with one attached hydrogen (secondary N) is 2. The van der Waals surface area contributed by atoms with Crippen LogP contribution in [0.4, 0.5) is 4.39 Å². The molecule has 0 heterocycles. The van der Waals surface area contributed by atoms with E-state index in [4.69, 9.17) is 0 Å². The van der Waals surface area contributed by atoms with Crippen molar-refractivity contribution in [3.8, 4) is 0 Å². The lowest BCUT2D eigenvalue weighted by molar-refractivity contribution is 0.0937. The number of carbonyl (C=O) groups is 1. The zero-order chi connectivity index (χ0) is 21.6. The molecular formula is C21H28FN3O3S. The van der Waals surface area contributed by atoms with Crippen molar-refractivity contribution in [3.63, 3.8) is 0 Å². The number of hydrogen-bond donors (Lipinski definition) is 2.